The van der Waals surface area contributed by atoms with Gasteiger partial charge in [0.1, 0.15) is 10.9 Å². The molecule has 0 spiro atoms. The summed E-state index contributed by atoms with van der Waals surface area (Å²) in [6.07, 6.45) is 5.59. The second-order valence-corrected chi connectivity index (χ2v) is 9.19. The number of aromatic nitrogens is 1. The molecule has 3 heterocycles. The topological polar surface area (TPSA) is 60.5 Å². The Morgan fingerprint density at radius 2 is 1.86 bits per heavy atom. The van der Waals surface area contributed by atoms with Gasteiger partial charge in [-0.05, 0) is 60.4 Å². The maximum Gasteiger partial charge on any atom is 0.126 e. The second-order valence-electron chi connectivity index (χ2n) is 7.24. The standard InChI is InChI=1S/C24H17N3S2/c25-13-15-6-4-7-16(12-15)23-18(14-26)22-21(20-10-5-11-28-20)17-8-2-1-3-9-19(17)27-24(22)29-23/h4-7,10-12H,1-3,8-9H2. The fourth-order valence-corrected chi connectivity index (χ4v) is 6.15. The molecule has 1 aromatic carbocycles. The Kier molecular flexibility index (Phi) is 4.64. The van der Waals surface area contributed by atoms with Crippen LogP contribution in [0.3, 0.4) is 0 Å². The lowest BCUT2D eigenvalue weighted by Gasteiger charge is -2.13. The summed E-state index contributed by atoms with van der Waals surface area (Å²) in [6, 6.07) is 16.4. The number of benzene rings is 1. The van der Waals surface area contributed by atoms with E-state index in [2.05, 4.69) is 29.7 Å². The van der Waals surface area contributed by atoms with Gasteiger partial charge in [-0.2, -0.15) is 10.5 Å². The number of nitriles is 2. The van der Waals surface area contributed by atoms with Crippen molar-refractivity contribution < 1.29 is 0 Å². The molecule has 4 aromatic rings. The van der Waals surface area contributed by atoms with Gasteiger partial charge >= 0.3 is 0 Å². The molecule has 0 saturated carbocycles. The number of hydrogen-bond donors (Lipinski definition) is 0. The van der Waals surface area contributed by atoms with Crippen molar-refractivity contribution in [3.05, 3.63) is 64.2 Å². The predicted molar refractivity (Wildman–Crippen MR) is 119 cm³/mol. The van der Waals surface area contributed by atoms with Crippen LogP contribution < -0.4 is 0 Å². The van der Waals surface area contributed by atoms with Crippen LogP contribution in [0.4, 0.5) is 0 Å². The molecule has 0 fully saturated rings. The van der Waals surface area contributed by atoms with Gasteiger partial charge in [0.2, 0.25) is 0 Å². The molecule has 0 radical (unpaired) electrons. The first-order chi connectivity index (χ1) is 14.3. The van der Waals surface area contributed by atoms with Gasteiger partial charge in [-0.1, -0.05) is 24.6 Å². The van der Waals surface area contributed by atoms with E-state index in [1.807, 2.05) is 18.2 Å². The number of fused-ring (bicyclic) bond motifs is 2. The summed E-state index contributed by atoms with van der Waals surface area (Å²) in [4.78, 5) is 8.10. The van der Waals surface area contributed by atoms with Gasteiger partial charge in [0.15, 0.2) is 0 Å². The lowest BCUT2D eigenvalue weighted by atomic mass is 9.95. The maximum absolute atomic E-state index is 10.1. The number of thiophene rings is 2. The van der Waals surface area contributed by atoms with E-state index in [1.165, 1.54) is 41.0 Å². The summed E-state index contributed by atoms with van der Waals surface area (Å²) < 4.78 is 0. The van der Waals surface area contributed by atoms with Crippen molar-refractivity contribution in [2.75, 3.05) is 0 Å². The molecular formula is C24H17N3S2. The van der Waals surface area contributed by atoms with Gasteiger partial charge < -0.3 is 0 Å². The first-order valence-electron chi connectivity index (χ1n) is 9.73. The number of pyridine rings is 1. The van der Waals surface area contributed by atoms with Gasteiger partial charge in [-0.15, -0.1) is 22.7 Å². The monoisotopic (exact) mass is 411 g/mol. The highest BCUT2D eigenvalue weighted by Gasteiger charge is 2.25. The van der Waals surface area contributed by atoms with Crippen LogP contribution >= 0.6 is 22.7 Å². The highest BCUT2D eigenvalue weighted by molar-refractivity contribution is 7.22. The highest BCUT2D eigenvalue weighted by atomic mass is 32.1. The molecule has 0 aliphatic heterocycles. The highest BCUT2D eigenvalue weighted by Crippen LogP contribution is 2.46. The van der Waals surface area contributed by atoms with E-state index >= 15 is 0 Å². The van der Waals surface area contributed by atoms with Crippen molar-refractivity contribution in [2.45, 2.75) is 32.1 Å². The minimum atomic E-state index is 0.603. The van der Waals surface area contributed by atoms with Gasteiger partial charge in [-0.3, -0.25) is 0 Å². The van der Waals surface area contributed by atoms with Crippen molar-refractivity contribution in [1.29, 1.82) is 10.5 Å². The zero-order valence-corrected chi connectivity index (χ0v) is 17.4. The third-order valence-electron chi connectivity index (χ3n) is 5.50. The molecule has 1 aliphatic carbocycles. The van der Waals surface area contributed by atoms with Crippen LogP contribution in [-0.4, -0.2) is 4.98 Å². The normalized spacial score (nSPS) is 13.4. The van der Waals surface area contributed by atoms with E-state index in [4.69, 9.17) is 4.98 Å². The van der Waals surface area contributed by atoms with Crippen LogP contribution in [0.5, 0.6) is 0 Å². The Balaban J connectivity index is 1.87. The SMILES string of the molecule is N#Cc1cccc(-c2sc3nc4c(c(-c5cccs5)c3c2C#N)CCCCC4)c1. The van der Waals surface area contributed by atoms with Gasteiger partial charge in [0.25, 0.3) is 0 Å². The molecule has 3 aromatic heterocycles. The third kappa shape index (κ3) is 3.04. The lowest BCUT2D eigenvalue weighted by Crippen LogP contribution is -1.99. The summed E-state index contributed by atoms with van der Waals surface area (Å²) in [7, 11) is 0. The molecule has 5 heteroatoms. The summed E-state index contributed by atoms with van der Waals surface area (Å²) >= 11 is 3.30. The van der Waals surface area contributed by atoms with Crippen molar-refractivity contribution in [1.82, 2.24) is 4.98 Å². The van der Waals surface area contributed by atoms with E-state index in [0.29, 0.717) is 11.1 Å². The van der Waals surface area contributed by atoms with E-state index in [9.17, 15) is 10.5 Å². The molecular weight excluding hydrogens is 394 g/mol. The van der Waals surface area contributed by atoms with Crippen molar-refractivity contribution in [3.8, 4) is 33.0 Å². The fourth-order valence-electron chi connectivity index (χ4n) is 4.19. The van der Waals surface area contributed by atoms with Crippen molar-refractivity contribution >= 4 is 32.9 Å². The molecule has 0 bridgehead atoms. The average Bonchev–Trinajstić information content (AvgIpc) is 3.34. The number of nitrogens with zero attached hydrogens (tertiary/aromatic N) is 3. The van der Waals surface area contributed by atoms with E-state index < -0.39 is 0 Å². The van der Waals surface area contributed by atoms with Crippen molar-refractivity contribution in [3.63, 3.8) is 0 Å². The summed E-state index contributed by atoms with van der Waals surface area (Å²) in [5.74, 6) is 0. The molecule has 0 saturated heterocycles. The zero-order valence-electron chi connectivity index (χ0n) is 15.7. The molecule has 0 unspecified atom stereocenters. The largest absolute Gasteiger partial charge is 0.242 e. The minimum Gasteiger partial charge on any atom is -0.242 e. The molecule has 1 aliphatic rings. The number of aryl methyl sites for hydroxylation is 1. The summed E-state index contributed by atoms with van der Waals surface area (Å²) in [5.41, 5.74) is 5.92. The fraction of sp³-hybridized carbons (Fsp3) is 0.208. The lowest BCUT2D eigenvalue weighted by molar-refractivity contribution is 0.709. The Labute approximate surface area is 177 Å². The first-order valence-corrected chi connectivity index (χ1v) is 11.4. The number of rotatable bonds is 2. The molecule has 29 heavy (non-hydrogen) atoms. The summed E-state index contributed by atoms with van der Waals surface area (Å²) in [6.45, 7) is 0. The molecule has 140 valence electrons. The Bertz CT molecular complexity index is 1300. The molecule has 0 N–H and O–H groups in total. The van der Waals surface area contributed by atoms with Crippen LogP contribution in [0, 0.1) is 22.7 Å². The van der Waals surface area contributed by atoms with Crippen LogP contribution in [0.1, 0.15) is 41.6 Å². The minimum absolute atomic E-state index is 0.603. The quantitative estimate of drug-likeness (QED) is 0.345. The maximum atomic E-state index is 10.1. The molecule has 0 atom stereocenters. The Morgan fingerprint density at radius 3 is 2.66 bits per heavy atom. The molecule has 5 rings (SSSR count). The smallest absolute Gasteiger partial charge is 0.126 e. The first kappa shape index (κ1) is 18.1. The summed E-state index contributed by atoms with van der Waals surface area (Å²) in [5, 5.41) is 22.5. The van der Waals surface area contributed by atoms with Gasteiger partial charge in [-0.25, -0.2) is 4.98 Å². The Morgan fingerprint density at radius 1 is 0.966 bits per heavy atom. The van der Waals surface area contributed by atoms with Crippen LogP contribution in [0.15, 0.2) is 41.8 Å². The predicted octanol–water partition coefficient (Wildman–Crippen LogP) is 6.70. The second kappa shape index (κ2) is 7.44. The van der Waals surface area contributed by atoms with E-state index in [0.717, 1.165) is 33.5 Å². The number of hydrogen-bond acceptors (Lipinski definition) is 5. The van der Waals surface area contributed by atoms with E-state index in [-0.39, 0.29) is 0 Å². The molecule has 3 nitrogen and oxygen atoms in total. The van der Waals surface area contributed by atoms with Crippen molar-refractivity contribution in [2.24, 2.45) is 0 Å². The molecule has 0 amide bonds. The van der Waals surface area contributed by atoms with Gasteiger partial charge in [0.05, 0.1) is 22.1 Å². The average molecular weight is 412 g/mol. The van der Waals surface area contributed by atoms with Crippen LogP contribution in [0.2, 0.25) is 0 Å². The van der Waals surface area contributed by atoms with Gasteiger partial charge in [0, 0.05) is 21.5 Å². The zero-order chi connectivity index (χ0) is 19.8. The third-order valence-corrected chi connectivity index (χ3v) is 7.52. The van der Waals surface area contributed by atoms with Crippen LogP contribution in [0.25, 0.3) is 31.1 Å². The van der Waals surface area contributed by atoms with Crippen LogP contribution in [-0.2, 0) is 12.8 Å². The van der Waals surface area contributed by atoms with E-state index in [1.54, 1.807) is 28.7 Å². The Hall–Kier alpha value is -2.99.